The van der Waals surface area contributed by atoms with Crippen molar-refractivity contribution in [2.75, 3.05) is 9.80 Å². The molecule has 0 bridgehead atoms. The van der Waals surface area contributed by atoms with Gasteiger partial charge in [0.15, 0.2) is 0 Å². The third-order valence-corrected chi connectivity index (χ3v) is 9.19. The number of aromatic nitrogens is 5. The molecular weight excluding hydrogens is 651 g/mol. The van der Waals surface area contributed by atoms with Gasteiger partial charge < -0.3 is 9.80 Å². The molecule has 2 heterocycles. The number of nitrogens with zero attached hydrogens (tertiary/aromatic N) is 7. The zero-order valence-electron chi connectivity index (χ0n) is 28.7. The van der Waals surface area contributed by atoms with Gasteiger partial charge in [-0.2, -0.15) is 0 Å². The van der Waals surface area contributed by atoms with E-state index in [1.165, 1.54) is 4.80 Å². The average molecular weight is 684 g/mol. The molecule has 0 saturated carbocycles. The van der Waals surface area contributed by atoms with Gasteiger partial charge in [-0.15, -0.1) is 15.0 Å². The molecule has 9 rings (SSSR count). The van der Waals surface area contributed by atoms with Gasteiger partial charge in [0, 0.05) is 52.1 Å². The van der Waals surface area contributed by atoms with Crippen molar-refractivity contribution >= 4 is 45.2 Å². The smallest absolute Gasteiger partial charge is 0.268 e. The molecule has 7 heteroatoms. The van der Waals surface area contributed by atoms with Gasteiger partial charge in [-0.25, -0.2) is 9.97 Å². The van der Waals surface area contributed by atoms with E-state index < -0.39 is 0 Å². The summed E-state index contributed by atoms with van der Waals surface area (Å²) in [6, 6.07) is 65.1. The summed E-state index contributed by atoms with van der Waals surface area (Å²) in [5.41, 5.74) is 12.1. The molecule has 53 heavy (non-hydrogen) atoms. The summed E-state index contributed by atoms with van der Waals surface area (Å²) in [7, 11) is 0. The predicted octanol–water partition coefficient (Wildman–Crippen LogP) is 11.5. The Labute approximate surface area is 307 Å². The third kappa shape index (κ3) is 6.28. The van der Waals surface area contributed by atoms with Gasteiger partial charge in [-0.1, -0.05) is 103 Å². The van der Waals surface area contributed by atoms with E-state index in [-0.39, 0.29) is 0 Å². The minimum Gasteiger partial charge on any atom is -0.311 e. The predicted molar refractivity (Wildman–Crippen MR) is 215 cm³/mol. The van der Waals surface area contributed by atoms with Crippen LogP contribution in [0.3, 0.4) is 0 Å². The van der Waals surface area contributed by atoms with Gasteiger partial charge >= 0.3 is 0 Å². The van der Waals surface area contributed by atoms with Crippen LogP contribution in [0.1, 0.15) is 0 Å². The van der Waals surface area contributed by atoms with Crippen LogP contribution >= 0.6 is 0 Å². The Hall–Kier alpha value is -7.38. The highest BCUT2D eigenvalue weighted by atomic mass is 15.5. The van der Waals surface area contributed by atoms with Crippen LogP contribution in [0.5, 0.6) is 0 Å². The normalized spacial score (nSPS) is 11.0. The Morgan fingerprint density at radius 3 is 1.23 bits per heavy atom. The summed E-state index contributed by atoms with van der Waals surface area (Å²) >= 11 is 0. The van der Waals surface area contributed by atoms with Gasteiger partial charge in [-0.3, -0.25) is 0 Å². The Morgan fingerprint density at radius 1 is 0.358 bits per heavy atom. The van der Waals surface area contributed by atoms with Crippen molar-refractivity contribution in [2.45, 2.75) is 0 Å². The van der Waals surface area contributed by atoms with Crippen LogP contribution in [0.2, 0.25) is 0 Å². The lowest BCUT2D eigenvalue weighted by molar-refractivity contribution is 0.714. The van der Waals surface area contributed by atoms with Crippen molar-refractivity contribution < 1.29 is 0 Å². The van der Waals surface area contributed by atoms with Crippen molar-refractivity contribution in [2.24, 2.45) is 0 Å². The monoisotopic (exact) mass is 683 g/mol. The summed E-state index contributed by atoms with van der Waals surface area (Å²) in [4.78, 5) is 14.9. The number of rotatable bonds is 9. The van der Waals surface area contributed by atoms with Crippen LogP contribution < -0.4 is 9.80 Å². The van der Waals surface area contributed by atoms with Gasteiger partial charge in [0.2, 0.25) is 0 Å². The third-order valence-electron chi connectivity index (χ3n) is 9.19. The Bertz CT molecular complexity index is 2500. The van der Waals surface area contributed by atoms with Crippen LogP contribution in [0.15, 0.2) is 200 Å². The summed E-state index contributed by atoms with van der Waals surface area (Å²) in [5, 5.41) is 9.78. The maximum absolute atomic E-state index is 4.99. The lowest BCUT2D eigenvalue weighted by atomic mass is 9.93. The summed E-state index contributed by atoms with van der Waals surface area (Å²) in [5.74, 6) is 0.416. The zero-order chi connectivity index (χ0) is 35.4. The molecule has 2 aromatic heterocycles. The fourth-order valence-corrected chi connectivity index (χ4v) is 6.77. The van der Waals surface area contributed by atoms with Crippen molar-refractivity contribution in [3.63, 3.8) is 0 Å². The van der Waals surface area contributed by atoms with Crippen LogP contribution in [0.25, 0.3) is 39.2 Å². The molecule has 0 spiro atoms. The number of fused-ring (bicyclic) bond motifs is 1. The molecule has 0 radical (unpaired) electrons. The molecule has 0 N–H and O–H groups in total. The number of anilines is 6. The first kappa shape index (κ1) is 31.6. The number of para-hydroxylation sites is 4. The fourth-order valence-electron chi connectivity index (χ4n) is 6.77. The molecule has 0 fully saturated rings. The van der Waals surface area contributed by atoms with Crippen molar-refractivity contribution in [3.8, 4) is 28.2 Å². The van der Waals surface area contributed by atoms with Gasteiger partial charge in [0.05, 0.1) is 0 Å². The van der Waals surface area contributed by atoms with E-state index in [9.17, 15) is 0 Å². The van der Waals surface area contributed by atoms with E-state index in [1.807, 2.05) is 30.3 Å². The van der Waals surface area contributed by atoms with E-state index >= 15 is 0 Å². The topological polar surface area (TPSA) is 63.0 Å². The second kappa shape index (κ2) is 14.1. The molecule has 9 aromatic rings. The molecule has 7 nitrogen and oxygen atoms in total. The first-order valence-corrected chi connectivity index (χ1v) is 17.5. The second-order valence-corrected chi connectivity index (χ2v) is 12.5. The van der Waals surface area contributed by atoms with Crippen molar-refractivity contribution in [1.82, 2.24) is 25.0 Å². The van der Waals surface area contributed by atoms with Crippen molar-refractivity contribution in [3.05, 3.63) is 200 Å². The highest BCUT2D eigenvalue weighted by Crippen LogP contribution is 2.41. The standard InChI is InChI=1S/C46H33N7/c1-5-14-36(15-6-1)51(37-16-7-2-8-17-37)40-26-22-34(23-27-40)42-30-31-43-45(50-53(49-43)46-47-32-13-33-48-46)44(42)35-24-28-41(29-25-35)52(38-18-9-3-10-19-38)39-20-11-4-12-21-39/h1-33H. The largest absolute Gasteiger partial charge is 0.311 e. The molecule has 0 aliphatic heterocycles. The molecule has 0 unspecified atom stereocenters. The van der Waals surface area contributed by atoms with Gasteiger partial charge in [0.25, 0.3) is 5.95 Å². The van der Waals surface area contributed by atoms with Crippen LogP contribution in [-0.4, -0.2) is 25.0 Å². The molecule has 252 valence electrons. The van der Waals surface area contributed by atoms with Crippen LogP contribution in [-0.2, 0) is 0 Å². The quantitative estimate of drug-likeness (QED) is 0.151. The number of hydrogen-bond acceptors (Lipinski definition) is 6. The lowest BCUT2D eigenvalue weighted by Crippen LogP contribution is -2.09. The fraction of sp³-hybridized carbons (Fsp3) is 0. The summed E-state index contributed by atoms with van der Waals surface area (Å²) in [6.45, 7) is 0. The number of benzene rings is 7. The van der Waals surface area contributed by atoms with E-state index in [1.54, 1.807) is 18.5 Å². The molecule has 0 saturated heterocycles. The highest BCUT2D eigenvalue weighted by molar-refractivity contribution is 6.01. The maximum Gasteiger partial charge on any atom is 0.268 e. The van der Waals surface area contributed by atoms with E-state index in [0.717, 1.165) is 67.4 Å². The maximum atomic E-state index is 4.99. The van der Waals surface area contributed by atoms with Crippen molar-refractivity contribution in [1.29, 1.82) is 0 Å². The number of hydrogen-bond donors (Lipinski definition) is 0. The molecule has 0 aliphatic carbocycles. The first-order chi connectivity index (χ1) is 26.3. The van der Waals surface area contributed by atoms with E-state index in [4.69, 9.17) is 10.2 Å². The molecule has 7 aromatic carbocycles. The molecule has 0 amide bonds. The molecule has 0 aliphatic rings. The summed E-state index contributed by atoms with van der Waals surface area (Å²) in [6.07, 6.45) is 3.39. The average Bonchev–Trinajstić information content (AvgIpc) is 3.68. The van der Waals surface area contributed by atoms with E-state index in [0.29, 0.717) is 5.95 Å². The van der Waals surface area contributed by atoms with Crippen LogP contribution in [0, 0.1) is 0 Å². The Balaban J connectivity index is 1.17. The minimum absolute atomic E-state index is 0.416. The zero-order valence-corrected chi connectivity index (χ0v) is 28.7. The SMILES string of the molecule is c1ccc(N(c2ccccc2)c2ccc(-c3ccc4nn(-c5ncccn5)nc4c3-c3ccc(N(c4ccccc4)c4ccccc4)cc3)cc2)cc1. The molecular formula is C46H33N7. The van der Waals surface area contributed by atoms with E-state index in [2.05, 4.69) is 171 Å². The lowest BCUT2D eigenvalue weighted by Gasteiger charge is -2.26. The minimum atomic E-state index is 0.416. The Morgan fingerprint density at radius 2 is 0.774 bits per heavy atom. The van der Waals surface area contributed by atoms with Gasteiger partial charge in [-0.05, 0) is 102 Å². The Kier molecular flexibility index (Phi) is 8.40. The van der Waals surface area contributed by atoms with Crippen LogP contribution in [0.4, 0.5) is 34.1 Å². The first-order valence-electron chi connectivity index (χ1n) is 17.5. The molecule has 0 atom stereocenters. The second-order valence-electron chi connectivity index (χ2n) is 12.5. The van der Waals surface area contributed by atoms with Gasteiger partial charge in [0.1, 0.15) is 11.0 Å². The summed E-state index contributed by atoms with van der Waals surface area (Å²) < 4.78 is 0. The highest BCUT2D eigenvalue weighted by Gasteiger charge is 2.20.